The minimum absolute atomic E-state index is 0.0265. The van der Waals surface area contributed by atoms with E-state index in [0.717, 1.165) is 0 Å². The van der Waals surface area contributed by atoms with Crippen LogP contribution < -0.4 is 21.4 Å². The maximum Gasteiger partial charge on any atom is 0.203 e. The Morgan fingerprint density at radius 3 is 2.39 bits per heavy atom. The molecule has 176 valence electrons. The molecule has 2 heterocycles. The van der Waals surface area contributed by atoms with E-state index in [-0.39, 0.29) is 48.8 Å². The van der Waals surface area contributed by atoms with Gasteiger partial charge in [0.1, 0.15) is 17.0 Å². The Labute approximate surface area is 188 Å². The molecule has 11 heteroatoms. The number of aliphatic hydroxyl groups is 3. The summed E-state index contributed by atoms with van der Waals surface area (Å²) in [6.07, 6.45) is 0. The number of benzene rings is 2. The minimum atomic E-state index is -0.534. The van der Waals surface area contributed by atoms with Crippen LogP contribution in [0, 0.1) is 0 Å². The molecule has 0 spiro atoms. The quantitative estimate of drug-likeness (QED) is 0.0817. The Balaban J connectivity index is 1.90. The first-order valence-corrected chi connectivity index (χ1v) is 10.7. The zero-order valence-electron chi connectivity index (χ0n) is 17.9. The summed E-state index contributed by atoms with van der Waals surface area (Å²) >= 11 is 0. The molecule has 2 aromatic carbocycles. The predicted molar refractivity (Wildman–Crippen MR) is 124 cm³/mol. The van der Waals surface area contributed by atoms with Gasteiger partial charge >= 0.3 is 0 Å². The number of nitrogens with one attached hydrogen (secondary N) is 3. The highest BCUT2D eigenvalue weighted by Gasteiger charge is 2.23. The number of fused-ring (bicyclic) bond motifs is 2. The smallest absolute Gasteiger partial charge is 0.203 e. The molecule has 33 heavy (non-hydrogen) atoms. The van der Waals surface area contributed by atoms with E-state index in [1.54, 1.807) is 6.07 Å². The molecule has 0 radical (unpaired) electrons. The first-order chi connectivity index (χ1) is 16.0. The van der Waals surface area contributed by atoms with Gasteiger partial charge < -0.3 is 41.5 Å². The van der Waals surface area contributed by atoms with E-state index in [2.05, 4.69) is 21.0 Å². The van der Waals surface area contributed by atoms with Gasteiger partial charge in [-0.25, -0.2) is 4.52 Å². The molecule has 0 fully saturated rings. The monoisotopic (exact) mass is 457 g/mol. The summed E-state index contributed by atoms with van der Waals surface area (Å²) in [5.41, 5.74) is 1.26. The van der Waals surface area contributed by atoms with Crippen LogP contribution in [0.3, 0.4) is 0 Å². The molecular weight excluding hydrogens is 430 g/mol. The van der Waals surface area contributed by atoms with Gasteiger partial charge in [0.05, 0.1) is 47.8 Å². The van der Waals surface area contributed by atoms with E-state index < -0.39 is 11.5 Å². The summed E-state index contributed by atoms with van der Waals surface area (Å²) in [6, 6.07) is 5.61. The van der Waals surface area contributed by atoms with Crippen LogP contribution in [-0.4, -0.2) is 80.6 Å². The third-order valence-electron chi connectivity index (χ3n) is 5.63. The van der Waals surface area contributed by atoms with Crippen LogP contribution >= 0.6 is 0 Å². The van der Waals surface area contributed by atoms with E-state index in [1.165, 1.54) is 16.6 Å². The molecule has 4 aromatic rings. The van der Waals surface area contributed by atoms with Crippen LogP contribution in [-0.2, 0) is 6.54 Å². The third kappa shape index (κ3) is 4.12. The van der Waals surface area contributed by atoms with Crippen molar-refractivity contribution in [3.05, 3.63) is 40.2 Å². The average molecular weight is 457 g/mol. The highest BCUT2D eigenvalue weighted by Crippen LogP contribution is 2.36. The lowest BCUT2D eigenvalue weighted by molar-refractivity contribution is 0.170. The summed E-state index contributed by atoms with van der Waals surface area (Å²) in [4.78, 5) is 13.5. The van der Waals surface area contributed by atoms with Crippen molar-refractivity contribution < 1.29 is 25.5 Å². The average Bonchev–Trinajstić information content (AvgIpc) is 3.18. The molecule has 0 saturated heterocycles. The van der Waals surface area contributed by atoms with Gasteiger partial charge in [-0.3, -0.25) is 4.79 Å². The zero-order chi connectivity index (χ0) is 23.5. The molecule has 0 bridgehead atoms. The second-order valence-corrected chi connectivity index (χ2v) is 7.74. The summed E-state index contributed by atoms with van der Waals surface area (Å²) in [6.45, 7) is 1.23. The fourth-order valence-corrected chi connectivity index (χ4v) is 3.99. The Bertz CT molecular complexity index is 1320. The fourth-order valence-electron chi connectivity index (χ4n) is 3.99. The van der Waals surface area contributed by atoms with Gasteiger partial charge in [0.2, 0.25) is 5.43 Å². The standard InChI is InChI=1S/C22H27N5O6/c28-8-7-23-5-6-24-14-2-1-13-15(9-25-12(10-29)11-30)26-27-20(13)18(14)22(33)19-16(31)3-4-17(32)21(19)27/h1-4,12,23-25,28-32H,5-11H2. The van der Waals surface area contributed by atoms with Gasteiger partial charge in [-0.05, 0) is 24.3 Å². The van der Waals surface area contributed by atoms with E-state index in [9.17, 15) is 25.2 Å². The van der Waals surface area contributed by atoms with E-state index in [1.807, 2.05) is 6.07 Å². The first-order valence-electron chi connectivity index (χ1n) is 10.7. The van der Waals surface area contributed by atoms with Gasteiger partial charge in [-0.2, -0.15) is 5.10 Å². The van der Waals surface area contributed by atoms with Crippen molar-refractivity contribution in [2.45, 2.75) is 12.6 Å². The normalized spacial score (nSPS) is 12.0. The van der Waals surface area contributed by atoms with Crippen LogP contribution in [0.25, 0.3) is 27.2 Å². The number of aromatic nitrogens is 2. The van der Waals surface area contributed by atoms with Gasteiger partial charge in [0, 0.05) is 37.3 Å². The maximum absolute atomic E-state index is 13.5. The van der Waals surface area contributed by atoms with Crippen molar-refractivity contribution in [3.63, 3.8) is 0 Å². The molecule has 0 amide bonds. The lowest BCUT2D eigenvalue weighted by Crippen LogP contribution is -2.35. The Morgan fingerprint density at radius 1 is 0.909 bits per heavy atom. The Kier molecular flexibility index (Phi) is 6.77. The number of hydrogen-bond donors (Lipinski definition) is 8. The molecular formula is C22H27N5O6. The van der Waals surface area contributed by atoms with Crippen molar-refractivity contribution in [1.29, 1.82) is 0 Å². The first kappa shape index (κ1) is 23.0. The molecule has 2 aromatic heterocycles. The number of phenolic OH excluding ortho intramolecular Hbond substituents is 2. The number of phenols is 2. The van der Waals surface area contributed by atoms with Crippen LogP contribution in [0.1, 0.15) is 5.69 Å². The minimum Gasteiger partial charge on any atom is -0.507 e. The topological polar surface area (TPSA) is 172 Å². The summed E-state index contributed by atoms with van der Waals surface area (Å²) < 4.78 is 1.45. The number of aromatic hydroxyl groups is 2. The lowest BCUT2D eigenvalue weighted by atomic mass is 10.0. The molecule has 0 aliphatic rings. The van der Waals surface area contributed by atoms with Crippen LogP contribution in [0.4, 0.5) is 5.69 Å². The second kappa shape index (κ2) is 9.73. The van der Waals surface area contributed by atoms with Gasteiger partial charge in [-0.1, -0.05) is 0 Å². The molecule has 0 aliphatic carbocycles. The van der Waals surface area contributed by atoms with Gasteiger partial charge in [0.25, 0.3) is 0 Å². The summed E-state index contributed by atoms with van der Waals surface area (Å²) in [5, 5.41) is 63.4. The van der Waals surface area contributed by atoms with E-state index in [4.69, 9.17) is 5.11 Å². The number of aliphatic hydroxyl groups excluding tert-OH is 3. The van der Waals surface area contributed by atoms with Crippen molar-refractivity contribution in [2.75, 3.05) is 44.8 Å². The second-order valence-electron chi connectivity index (χ2n) is 7.74. The number of pyridine rings is 1. The highest BCUT2D eigenvalue weighted by atomic mass is 16.3. The summed E-state index contributed by atoms with van der Waals surface area (Å²) in [7, 11) is 0. The SMILES string of the molecule is O=c1c2c(O)ccc(O)c2n2nc(CNC(CO)CO)c3ccc(NCCNCCO)c1c32. The van der Waals surface area contributed by atoms with Crippen LogP contribution in [0.5, 0.6) is 11.5 Å². The van der Waals surface area contributed by atoms with Crippen LogP contribution in [0.15, 0.2) is 29.1 Å². The number of hydrogen-bond acceptors (Lipinski definition) is 10. The van der Waals surface area contributed by atoms with Gasteiger partial charge in [0.15, 0.2) is 0 Å². The number of rotatable bonds is 11. The van der Waals surface area contributed by atoms with Crippen LogP contribution in [0.2, 0.25) is 0 Å². The van der Waals surface area contributed by atoms with E-state index >= 15 is 0 Å². The molecule has 11 nitrogen and oxygen atoms in total. The fraction of sp³-hybridized carbons (Fsp3) is 0.364. The van der Waals surface area contributed by atoms with Crippen molar-refractivity contribution in [1.82, 2.24) is 20.2 Å². The maximum atomic E-state index is 13.5. The van der Waals surface area contributed by atoms with Crippen molar-refractivity contribution in [3.8, 4) is 11.5 Å². The van der Waals surface area contributed by atoms with Crippen molar-refractivity contribution in [2.24, 2.45) is 0 Å². The van der Waals surface area contributed by atoms with Crippen molar-refractivity contribution >= 4 is 32.9 Å². The third-order valence-corrected chi connectivity index (χ3v) is 5.63. The van der Waals surface area contributed by atoms with Gasteiger partial charge in [-0.15, -0.1) is 0 Å². The Morgan fingerprint density at radius 2 is 1.67 bits per heavy atom. The largest absolute Gasteiger partial charge is 0.507 e. The van der Waals surface area contributed by atoms with E-state index in [0.29, 0.717) is 47.3 Å². The molecule has 4 rings (SSSR count). The molecule has 0 saturated carbocycles. The number of anilines is 1. The number of nitrogens with zero attached hydrogens (tertiary/aromatic N) is 2. The lowest BCUT2D eigenvalue weighted by Gasteiger charge is -2.13. The molecule has 0 aliphatic heterocycles. The molecule has 0 atom stereocenters. The highest BCUT2D eigenvalue weighted by molar-refractivity contribution is 6.10. The molecule has 8 N–H and O–H groups in total. The Hall–Kier alpha value is -3.22. The zero-order valence-corrected chi connectivity index (χ0v) is 17.9. The summed E-state index contributed by atoms with van der Waals surface area (Å²) in [5.74, 6) is -0.456. The molecule has 0 unspecified atom stereocenters. The predicted octanol–water partition coefficient (Wildman–Crippen LogP) is -0.713.